The van der Waals surface area contributed by atoms with Gasteiger partial charge in [-0.15, -0.1) is 0 Å². The van der Waals surface area contributed by atoms with Crippen LogP contribution in [0.3, 0.4) is 0 Å². The zero-order valence-electron chi connectivity index (χ0n) is 13.2. The van der Waals surface area contributed by atoms with Gasteiger partial charge in [0.15, 0.2) is 11.5 Å². The molecule has 2 N–H and O–H groups in total. The molecule has 0 saturated carbocycles. The maximum Gasteiger partial charge on any atom is 0.344 e. The fourth-order valence-electron chi connectivity index (χ4n) is 2.52. The van der Waals surface area contributed by atoms with Gasteiger partial charge < -0.3 is 19.5 Å². The lowest BCUT2D eigenvalue weighted by molar-refractivity contribution is 0.0340. The normalized spacial score (nSPS) is 15.2. The largest absolute Gasteiger partial charge is 0.493 e. The van der Waals surface area contributed by atoms with E-state index in [0.29, 0.717) is 17.0 Å². The van der Waals surface area contributed by atoms with E-state index in [1.165, 1.54) is 14.2 Å². The van der Waals surface area contributed by atoms with Crippen molar-refractivity contribution in [3.63, 3.8) is 0 Å². The summed E-state index contributed by atoms with van der Waals surface area (Å²) >= 11 is 0. The molecule has 1 aliphatic rings. The molecule has 2 aromatic carbocycles. The first-order valence-electron chi connectivity index (χ1n) is 7.22. The maximum atomic E-state index is 12.1. The molecular weight excluding hydrogens is 312 g/mol. The molecule has 2 amide bonds. The molecule has 124 valence electrons. The van der Waals surface area contributed by atoms with Crippen molar-refractivity contribution in [1.82, 2.24) is 5.32 Å². The van der Waals surface area contributed by atoms with Gasteiger partial charge in [0.05, 0.1) is 14.2 Å². The van der Waals surface area contributed by atoms with Gasteiger partial charge in [-0.2, -0.15) is 0 Å². The standard InChI is InChI=1S/C17H16N2O5/c1-22-12-9-8-11-13(14(12)23-2)16(20)24-15(11)19-17(21)18-10-6-4-3-5-7-10/h3-9,15H,1-2H3,(H2,18,19,21). The van der Waals surface area contributed by atoms with Crippen molar-refractivity contribution in [1.29, 1.82) is 0 Å². The average molecular weight is 328 g/mol. The van der Waals surface area contributed by atoms with Crippen LogP contribution in [0.25, 0.3) is 0 Å². The lowest BCUT2D eigenvalue weighted by Crippen LogP contribution is -2.32. The molecule has 2 aromatic rings. The lowest BCUT2D eigenvalue weighted by Gasteiger charge is -2.14. The van der Waals surface area contributed by atoms with Gasteiger partial charge in [-0.05, 0) is 24.3 Å². The summed E-state index contributed by atoms with van der Waals surface area (Å²) in [5, 5.41) is 5.28. The van der Waals surface area contributed by atoms with E-state index in [9.17, 15) is 9.59 Å². The van der Waals surface area contributed by atoms with Crippen LogP contribution >= 0.6 is 0 Å². The molecule has 1 atom stereocenters. The molecule has 0 bridgehead atoms. The molecule has 1 heterocycles. The Bertz CT molecular complexity index is 776. The minimum absolute atomic E-state index is 0.252. The number of hydrogen-bond acceptors (Lipinski definition) is 5. The fourth-order valence-corrected chi connectivity index (χ4v) is 2.52. The number of carbonyl (C=O) groups excluding carboxylic acids is 2. The molecule has 0 aromatic heterocycles. The smallest absolute Gasteiger partial charge is 0.344 e. The van der Waals surface area contributed by atoms with E-state index < -0.39 is 18.2 Å². The number of ether oxygens (including phenoxy) is 3. The van der Waals surface area contributed by atoms with Crippen molar-refractivity contribution < 1.29 is 23.8 Å². The topological polar surface area (TPSA) is 85.9 Å². The van der Waals surface area contributed by atoms with Crippen LogP contribution in [0, 0.1) is 0 Å². The van der Waals surface area contributed by atoms with E-state index in [1.807, 2.05) is 6.07 Å². The number of anilines is 1. The van der Waals surface area contributed by atoms with Gasteiger partial charge in [-0.25, -0.2) is 9.59 Å². The van der Waals surface area contributed by atoms with Crippen LogP contribution in [0.4, 0.5) is 10.5 Å². The van der Waals surface area contributed by atoms with Crippen molar-refractivity contribution in [3.05, 3.63) is 53.6 Å². The van der Waals surface area contributed by atoms with Gasteiger partial charge in [0.1, 0.15) is 5.56 Å². The fraction of sp³-hybridized carbons (Fsp3) is 0.176. The van der Waals surface area contributed by atoms with E-state index in [4.69, 9.17) is 14.2 Å². The van der Waals surface area contributed by atoms with E-state index in [2.05, 4.69) is 10.6 Å². The average Bonchev–Trinajstić information content (AvgIpc) is 2.90. The van der Waals surface area contributed by atoms with Crippen LogP contribution < -0.4 is 20.1 Å². The second-order valence-electron chi connectivity index (χ2n) is 5.02. The summed E-state index contributed by atoms with van der Waals surface area (Å²) in [6, 6.07) is 11.8. The number of esters is 1. The van der Waals surface area contributed by atoms with Crippen molar-refractivity contribution in [3.8, 4) is 11.5 Å². The zero-order chi connectivity index (χ0) is 17.1. The molecule has 0 aliphatic carbocycles. The molecule has 1 aliphatic heterocycles. The molecule has 7 nitrogen and oxygen atoms in total. The Morgan fingerprint density at radius 1 is 1.08 bits per heavy atom. The van der Waals surface area contributed by atoms with Gasteiger partial charge >= 0.3 is 12.0 Å². The van der Waals surface area contributed by atoms with Gasteiger partial charge in [-0.3, -0.25) is 5.32 Å². The number of carbonyl (C=O) groups is 2. The number of amides is 2. The molecule has 0 saturated heterocycles. The minimum Gasteiger partial charge on any atom is -0.493 e. The number of methoxy groups -OCH3 is 2. The highest BCUT2D eigenvalue weighted by atomic mass is 16.6. The highest BCUT2D eigenvalue weighted by molar-refractivity contribution is 5.99. The van der Waals surface area contributed by atoms with E-state index in [0.717, 1.165) is 0 Å². The number of rotatable bonds is 4. The predicted molar refractivity (Wildman–Crippen MR) is 86.3 cm³/mol. The number of hydrogen-bond donors (Lipinski definition) is 2. The first kappa shape index (κ1) is 15.7. The third-order valence-electron chi connectivity index (χ3n) is 3.58. The maximum absolute atomic E-state index is 12.1. The third kappa shape index (κ3) is 2.83. The quantitative estimate of drug-likeness (QED) is 0.843. The third-order valence-corrected chi connectivity index (χ3v) is 3.58. The van der Waals surface area contributed by atoms with Crippen LogP contribution in [0.2, 0.25) is 0 Å². The summed E-state index contributed by atoms with van der Waals surface area (Å²) in [6.07, 6.45) is -0.893. The second-order valence-corrected chi connectivity index (χ2v) is 5.02. The van der Waals surface area contributed by atoms with Crippen molar-refractivity contribution in [2.45, 2.75) is 6.23 Å². The Morgan fingerprint density at radius 3 is 2.50 bits per heavy atom. The zero-order valence-corrected chi connectivity index (χ0v) is 13.2. The number of cyclic esters (lactones) is 1. The number of benzene rings is 2. The molecule has 0 fully saturated rings. The van der Waals surface area contributed by atoms with E-state index in [1.54, 1.807) is 36.4 Å². The van der Waals surface area contributed by atoms with Crippen molar-refractivity contribution in [2.24, 2.45) is 0 Å². The van der Waals surface area contributed by atoms with Gasteiger partial charge in [-0.1, -0.05) is 18.2 Å². The Labute approximate surface area is 138 Å². The predicted octanol–water partition coefficient (Wildman–Crippen LogP) is 2.69. The van der Waals surface area contributed by atoms with Crippen LogP contribution in [0.15, 0.2) is 42.5 Å². The summed E-state index contributed by atoms with van der Waals surface area (Å²) in [5.74, 6) is 0.126. The first-order valence-corrected chi connectivity index (χ1v) is 7.22. The number of nitrogens with one attached hydrogen (secondary N) is 2. The van der Waals surface area contributed by atoms with Gasteiger partial charge in [0.2, 0.25) is 6.23 Å². The Balaban J connectivity index is 1.81. The van der Waals surface area contributed by atoms with E-state index in [-0.39, 0.29) is 11.3 Å². The monoisotopic (exact) mass is 328 g/mol. The summed E-state index contributed by atoms with van der Waals surface area (Å²) in [6.45, 7) is 0. The Kier molecular flexibility index (Phi) is 4.24. The van der Waals surface area contributed by atoms with Crippen LogP contribution in [0.5, 0.6) is 11.5 Å². The van der Waals surface area contributed by atoms with Crippen LogP contribution in [-0.4, -0.2) is 26.2 Å². The summed E-state index contributed by atoms with van der Waals surface area (Å²) < 4.78 is 15.7. The molecule has 0 spiro atoms. The molecule has 0 radical (unpaired) electrons. The summed E-state index contributed by atoms with van der Waals surface area (Å²) in [5.41, 5.74) is 1.40. The second kappa shape index (κ2) is 6.49. The molecule has 1 unspecified atom stereocenters. The molecular formula is C17H16N2O5. The summed E-state index contributed by atoms with van der Waals surface area (Å²) in [7, 11) is 2.92. The number of para-hydroxylation sites is 1. The molecule has 24 heavy (non-hydrogen) atoms. The highest BCUT2D eigenvalue weighted by Crippen LogP contribution is 2.40. The first-order chi connectivity index (χ1) is 11.6. The van der Waals surface area contributed by atoms with Gasteiger partial charge in [0, 0.05) is 11.3 Å². The minimum atomic E-state index is -0.893. The number of fused-ring (bicyclic) bond motifs is 1. The van der Waals surface area contributed by atoms with Crippen LogP contribution in [-0.2, 0) is 4.74 Å². The molecule has 3 rings (SSSR count). The number of urea groups is 1. The van der Waals surface area contributed by atoms with E-state index >= 15 is 0 Å². The van der Waals surface area contributed by atoms with Crippen LogP contribution in [0.1, 0.15) is 22.1 Å². The van der Waals surface area contributed by atoms with Gasteiger partial charge in [0.25, 0.3) is 0 Å². The van der Waals surface area contributed by atoms with Crippen molar-refractivity contribution >= 4 is 17.7 Å². The SMILES string of the molecule is COc1ccc2c(c1OC)C(=O)OC2NC(=O)Nc1ccccc1. The molecule has 7 heteroatoms. The van der Waals surface area contributed by atoms with Crippen molar-refractivity contribution in [2.75, 3.05) is 19.5 Å². The lowest BCUT2D eigenvalue weighted by atomic mass is 10.1. The Hall–Kier alpha value is -3.22. The Morgan fingerprint density at radius 2 is 1.83 bits per heavy atom. The summed E-state index contributed by atoms with van der Waals surface area (Å²) in [4.78, 5) is 24.2. The highest BCUT2D eigenvalue weighted by Gasteiger charge is 2.36.